The molecule has 6 nitrogen and oxygen atoms in total. The highest BCUT2D eigenvalue weighted by atomic mass is 35.5. The van der Waals surface area contributed by atoms with E-state index in [9.17, 15) is 4.79 Å². The van der Waals surface area contributed by atoms with Gasteiger partial charge in [0, 0.05) is 5.02 Å². The molecular weight excluding hydrogens is 304 g/mol. The van der Waals surface area contributed by atoms with E-state index in [0.29, 0.717) is 16.4 Å². The second-order valence-corrected chi connectivity index (χ2v) is 5.51. The van der Waals surface area contributed by atoms with E-state index in [1.807, 2.05) is 32.0 Å². The molecule has 2 heterocycles. The molecule has 22 heavy (non-hydrogen) atoms. The van der Waals surface area contributed by atoms with Crippen molar-refractivity contribution in [1.82, 2.24) is 19.8 Å². The zero-order valence-electron chi connectivity index (χ0n) is 12.3. The smallest absolute Gasteiger partial charge is 0.358 e. The molecule has 3 rings (SSSR count). The van der Waals surface area contributed by atoms with Crippen LogP contribution in [0.3, 0.4) is 0 Å². The highest BCUT2D eigenvalue weighted by Crippen LogP contribution is 2.30. The van der Waals surface area contributed by atoms with Crippen molar-refractivity contribution in [2.45, 2.75) is 20.8 Å². The first-order valence-electron chi connectivity index (χ1n) is 6.62. The van der Waals surface area contributed by atoms with Crippen LogP contribution >= 0.6 is 11.6 Å². The maximum Gasteiger partial charge on any atom is 0.358 e. The van der Waals surface area contributed by atoms with Gasteiger partial charge in [-0.3, -0.25) is 0 Å². The summed E-state index contributed by atoms with van der Waals surface area (Å²) in [5, 5.41) is 22.1. The minimum atomic E-state index is -1.12. The Morgan fingerprint density at radius 2 is 1.95 bits per heavy atom. The summed E-state index contributed by atoms with van der Waals surface area (Å²) >= 11 is 6.07. The van der Waals surface area contributed by atoms with Crippen molar-refractivity contribution in [2.75, 3.05) is 0 Å². The normalized spacial score (nSPS) is 11.1. The van der Waals surface area contributed by atoms with Gasteiger partial charge in [-0.2, -0.15) is 5.10 Å². The molecule has 0 amide bonds. The SMILES string of the molecule is Cc1cc(-c2c(C)nn3c(C)c(C(=O)O)nnc23)ccc1Cl. The van der Waals surface area contributed by atoms with Crippen LogP contribution in [0.25, 0.3) is 16.8 Å². The first-order chi connectivity index (χ1) is 10.4. The molecule has 0 aliphatic heterocycles. The van der Waals surface area contributed by atoms with Crippen LogP contribution < -0.4 is 0 Å². The molecule has 0 radical (unpaired) electrons. The van der Waals surface area contributed by atoms with Crippen LogP contribution in [0.1, 0.15) is 27.4 Å². The lowest BCUT2D eigenvalue weighted by molar-refractivity contribution is 0.0687. The molecule has 112 valence electrons. The monoisotopic (exact) mass is 316 g/mol. The number of rotatable bonds is 2. The average Bonchev–Trinajstić information content (AvgIpc) is 2.79. The van der Waals surface area contributed by atoms with Gasteiger partial charge in [-0.1, -0.05) is 17.7 Å². The summed E-state index contributed by atoms with van der Waals surface area (Å²) in [5.41, 5.74) is 4.32. The van der Waals surface area contributed by atoms with Gasteiger partial charge in [-0.25, -0.2) is 9.31 Å². The molecule has 0 saturated carbocycles. The van der Waals surface area contributed by atoms with E-state index in [4.69, 9.17) is 16.7 Å². The number of carboxylic acids is 1. The molecule has 0 fully saturated rings. The van der Waals surface area contributed by atoms with Crippen LogP contribution in [0.5, 0.6) is 0 Å². The quantitative estimate of drug-likeness (QED) is 0.786. The Hall–Kier alpha value is -2.47. The number of fused-ring (bicyclic) bond motifs is 1. The topological polar surface area (TPSA) is 80.4 Å². The van der Waals surface area contributed by atoms with Crippen molar-refractivity contribution in [2.24, 2.45) is 0 Å². The van der Waals surface area contributed by atoms with Crippen LogP contribution in [0.2, 0.25) is 5.02 Å². The van der Waals surface area contributed by atoms with Crippen LogP contribution in [0, 0.1) is 20.8 Å². The second kappa shape index (κ2) is 5.06. The van der Waals surface area contributed by atoms with Gasteiger partial charge in [-0.15, -0.1) is 10.2 Å². The summed E-state index contributed by atoms with van der Waals surface area (Å²) in [6, 6.07) is 5.66. The molecule has 1 aromatic carbocycles. The van der Waals surface area contributed by atoms with Gasteiger partial charge in [0.05, 0.1) is 17.0 Å². The van der Waals surface area contributed by atoms with E-state index in [0.717, 1.165) is 22.4 Å². The predicted octanol–water partition coefficient (Wildman–Crippen LogP) is 3.07. The summed E-state index contributed by atoms with van der Waals surface area (Å²) in [7, 11) is 0. The summed E-state index contributed by atoms with van der Waals surface area (Å²) < 4.78 is 1.52. The molecule has 0 spiro atoms. The molecular formula is C15H13ClN4O2. The molecule has 0 bridgehead atoms. The van der Waals surface area contributed by atoms with Crippen molar-refractivity contribution >= 4 is 23.2 Å². The standard InChI is InChI=1S/C15H13ClN4O2/c1-7-6-10(4-5-11(7)16)12-8(2)19-20-9(3)13(15(21)22)17-18-14(12)20/h4-6H,1-3H3,(H,21,22). The number of carboxylic acid groups (broad SMARTS) is 1. The fraction of sp³-hybridized carbons (Fsp3) is 0.200. The third kappa shape index (κ3) is 2.12. The van der Waals surface area contributed by atoms with Crippen LogP contribution in [-0.2, 0) is 0 Å². The number of hydrogen-bond acceptors (Lipinski definition) is 4. The number of carbonyl (C=O) groups is 1. The van der Waals surface area contributed by atoms with E-state index in [-0.39, 0.29) is 5.69 Å². The van der Waals surface area contributed by atoms with Crippen LogP contribution in [-0.4, -0.2) is 30.9 Å². The summed E-state index contributed by atoms with van der Waals surface area (Å²) in [6.45, 7) is 5.44. The third-order valence-corrected chi connectivity index (χ3v) is 4.01. The maximum atomic E-state index is 11.2. The van der Waals surface area contributed by atoms with E-state index < -0.39 is 5.97 Å². The number of nitrogens with zero attached hydrogens (tertiary/aromatic N) is 4. The van der Waals surface area contributed by atoms with E-state index in [1.54, 1.807) is 6.92 Å². The van der Waals surface area contributed by atoms with E-state index in [1.165, 1.54) is 4.52 Å². The minimum Gasteiger partial charge on any atom is -0.476 e. The summed E-state index contributed by atoms with van der Waals surface area (Å²) in [4.78, 5) is 11.2. The van der Waals surface area contributed by atoms with Gasteiger partial charge in [0.1, 0.15) is 0 Å². The Morgan fingerprint density at radius 3 is 2.59 bits per heavy atom. The number of halogens is 1. The van der Waals surface area contributed by atoms with Crippen molar-refractivity contribution in [1.29, 1.82) is 0 Å². The molecule has 0 aliphatic carbocycles. The molecule has 0 unspecified atom stereocenters. The van der Waals surface area contributed by atoms with Crippen LogP contribution in [0.4, 0.5) is 0 Å². The Balaban J connectivity index is 2.31. The lowest BCUT2D eigenvalue weighted by Gasteiger charge is -2.05. The highest BCUT2D eigenvalue weighted by molar-refractivity contribution is 6.31. The number of benzene rings is 1. The molecule has 2 aromatic heterocycles. The van der Waals surface area contributed by atoms with Gasteiger partial charge in [-0.05, 0) is 44.0 Å². The summed E-state index contributed by atoms with van der Waals surface area (Å²) in [6.07, 6.45) is 0. The van der Waals surface area contributed by atoms with Crippen molar-refractivity contribution in [3.8, 4) is 11.1 Å². The zero-order chi connectivity index (χ0) is 16.0. The van der Waals surface area contributed by atoms with Crippen molar-refractivity contribution < 1.29 is 9.90 Å². The first kappa shape index (κ1) is 14.5. The third-order valence-electron chi connectivity index (χ3n) is 3.59. The van der Waals surface area contributed by atoms with Crippen LogP contribution in [0.15, 0.2) is 18.2 Å². The largest absolute Gasteiger partial charge is 0.476 e. The molecule has 0 saturated heterocycles. The summed E-state index contributed by atoms with van der Waals surface area (Å²) in [5.74, 6) is -1.12. The average molecular weight is 317 g/mol. The van der Waals surface area contributed by atoms with E-state index in [2.05, 4.69) is 15.3 Å². The van der Waals surface area contributed by atoms with Gasteiger partial charge < -0.3 is 5.11 Å². The van der Waals surface area contributed by atoms with Gasteiger partial charge >= 0.3 is 5.97 Å². The fourth-order valence-electron chi connectivity index (χ4n) is 2.45. The highest BCUT2D eigenvalue weighted by Gasteiger charge is 2.19. The lowest BCUT2D eigenvalue weighted by Crippen LogP contribution is -2.10. The van der Waals surface area contributed by atoms with Gasteiger partial charge in [0.15, 0.2) is 11.3 Å². The van der Waals surface area contributed by atoms with Crippen molar-refractivity contribution in [3.05, 3.63) is 45.9 Å². The van der Waals surface area contributed by atoms with E-state index >= 15 is 0 Å². The van der Waals surface area contributed by atoms with Gasteiger partial charge in [0.2, 0.25) is 0 Å². The molecule has 7 heteroatoms. The number of aromatic nitrogens is 4. The number of aryl methyl sites for hydroxylation is 3. The molecule has 3 aromatic rings. The lowest BCUT2D eigenvalue weighted by atomic mass is 10.0. The fourth-order valence-corrected chi connectivity index (χ4v) is 2.56. The Bertz CT molecular complexity index is 918. The minimum absolute atomic E-state index is 0.103. The maximum absolute atomic E-state index is 11.2. The molecule has 0 atom stereocenters. The number of hydrogen-bond donors (Lipinski definition) is 1. The Morgan fingerprint density at radius 1 is 1.23 bits per heavy atom. The predicted molar refractivity (Wildman–Crippen MR) is 82.4 cm³/mol. The van der Waals surface area contributed by atoms with Gasteiger partial charge in [0.25, 0.3) is 0 Å². The second-order valence-electron chi connectivity index (χ2n) is 5.10. The zero-order valence-corrected chi connectivity index (χ0v) is 13.0. The Labute approximate surface area is 131 Å². The first-order valence-corrected chi connectivity index (χ1v) is 7.00. The Kier molecular flexibility index (Phi) is 3.33. The molecule has 0 aliphatic rings. The molecule has 1 N–H and O–H groups in total. The number of aromatic carboxylic acids is 1. The van der Waals surface area contributed by atoms with Crippen molar-refractivity contribution in [3.63, 3.8) is 0 Å².